The Hall–Kier alpha value is -0.540. The van der Waals surface area contributed by atoms with E-state index in [0.717, 1.165) is 14.7 Å². The molecule has 0 aromatic heterocycles. The van der Waals surface area contributed by atoms with E-state index in [0.29, 0.717) is 6.61 Å². The lowest BCUT2D eigenvalue weighted by Crippen LogP contribution is -1.94. The molecule has 0 aliphatic heterocycles. The van der Waals surface area contributed by atoms with Gasteiger partial charge in [0.1, 0.15) is 12.4 Å². The molecule has 0 bridgehead atoms. The minimum Gasteiger partial charge on any atom is -0.489 e. The van der Waals surface area contributed by atoms with Crippen molar-refractivity contribution in [1.29, 1.82) is 0 Å². The molecule has 0 saturated carbocycles. The van der Waals surface area contributed by atoms with E-state index in [1.165, 1.54) is 0 Å². The molecule has 0 saturated heterocycles. The maximum atomic E-state index is 5.48. The molecule has 0 heterocycles. The molecular formula is C11H10Br2O. The third-order valence-corrected chi connectivity index (χ3v) is 2.00. The van der Waals surface area contributed by atoms with E-state index >= 15 is 0 Å². The van der Waals surface area contributed by atoms with Crippen molar-refractivity contribution in [3.63, 3.8) is 0 Å². The molecule has 74 valence electrons. The predicted molar refractivity (Wildman–Crippen MR) is 68.0 cm³/mol. The van der Waals surface area contributed by atoms with Gasteiger partial charge in [0.15, 0.2) is 0 Å². The topological polar surface area (TPSA) is 9.23 Å². The maximum absolute atomic E-state index is 5.48. The molecule has 0 radical (unpaired) electrons. The molecule has 0 aliphatic rings. The van der Waals surface area contributed by atoms with Crippen LogP contribution in [0.4, 0.5) is 0 Å². The van der Waals surface area contributed by atoms with Gasteiger partial charge in [-0.2, -0.15) is 0 Å². The largest absolute Gasteiger partial charge is 0.489 e. The SMILES string of the molecule is C=CCOc1ccccc1C=C(Br)Br. The van der Waals surface area contributed by atoms with Gasteiger partial charge in [0.2, 0.25) is 0 Å². The number of rotatable bonds is 4. The first-order valence-corrected chi connectivity index (χ1v) is 5.68. The van der Waals surface area contributed by atoms with Crippen LogP contribution in [0.1, 0.15) is 5.56 Å². The van der Waals surface area contributed by atoms with Crippen LogP contribution in [-0.2, 0) is 0 Å². The first kappa shape index (κ1) is 11.5. The van der Waals surface area contributed by atoms with Gasteiger partial charge in [-0.15, -0.1) is 0 Å². The second-order valence-electron chi connectivity index (χ2n) is 2.57. The van der Waals surface area contributed by atoms with Crippen LogP contribution in [0.2, 0.25) is 0 Å². The molecule has 1 rings (SSSR count). The van der Waals surface area contributed by atoms with Gasteiger partial charge in [-0.1, -0.05) is 30.9 Å². The first-order chi connectivity index (χ1) is 6.74. The highest BCUT2D eigenvalue weighted by Crippen LogP contribution is 2.25. The average molecular weight is 318 g/mol. The summed E-state index contributed by atoms with van der Waals surface area (Å²) in [6.45, 7) is 4.13. The highest BCUT2D eigenvalue weighted by Gasteiger charge is 1.99. The Morgan fingerprint density at radius 2 is 2.07 bits per heavy atom. The summed E-state index contributed by atoms with van der Waals surface area (Å²) >= 11 is 6.63. The second-order valence-corrected chi connectivity index (χ2v) is 5.34. The van der Waals surface area contributed by atoms with Gasteiger partial charge in [0.05, 0.1) is 3.39 Å². The standard InChI is InChI=1S/C11H10Br2O/c1-2-7-14-10-6-4-3-5-9(10)8-11(12)13/h2-6,8H,1,7H2. The van der Waals surface area contributed by atoms with Crippen LogP contribution >= 0.6 is 31.9 Å². The van der Waals surface area contributed by atoms with Gasteiger partial charge in [0.25, 0.3) is 0 Å². The van der Waals surface area contributed by atoms with Crippen LogP contribution in [-0.4, -0.2) is 6.61 Å². The molecule has 0 fully saturated rings. The summed E-state index contributed by atoms with van der Waals surface area (Å²) in [5, 5.41) is 0. The maximum Gasteiger partial charge on any atom is 0.127 e. The summed E-state index contributed by atoms with van der Waals surface area (Å²) in [5.41, 5.74) is 1.03. The Kier molecular flexibility index (Phi) is 4.98. The molecule has 0 unspecified atom stereocenters. The third-order valence-electron chi connectivity index (χ3n) is 1.54. The Balaban J connectivity index is 2.91. The van der Waals surface area contributed by atoms with E-state index in [-0.39, 0.29) is 0 Å². The Morgan fingerprint density at radius 1 is 1.36 bits per heavy atom. The first-order valence-electron chi connectivity index (χ1n) is 4.09. The van der Waals surface area contributed by atoms with Crippen LogP contribution in [0.25, 0.3) is 6.08 Å². The molecule has 0 amide bonds. The zero-order chi connectivity index (χ0) is 10.4. The lowest BCUT2D eigenvalue weighted by atomic mass is 10.2. The summed E-state index contributed by atoms with van der Waals surface area (Å²) in [5.74, 6) is 0.851. The van der Waals surface area contributed by atoms with Crippen molar-refractivity contribution >= 4 is 37.9 Å². The van der Waals surface area contributed by atoms with Crippen LogP contribution in [0.15, 0.2) is 40.3 Å². The molecule has 0 atom stereocenters. The second kappa shape index (κ2) is 6.04. The van der Waals surface area contributed by atoms with Crippen molar-refractivity contribution in [1.82, 2.24) is 0 Å². The predicted octanol–water partition coefficient (Wildman–Crippen LogP) is 4.34. The summed E-state index contributed by atoms with van der Waals surface area (Å²) in [6, 6.07) is 7.83. The molecular weight excluding hydrogens is 308 g/mol. The Bertz CT molecular complexity index is 341. The van der Waals surface area contributed by atoms with Crippen LogP contribution in [0.5, 0.6) is 5.75 Å². The van der Waals surface area contributed by atoms with Crippen molar-refractivity contribution in [2.45, 2.75) is 0 Å². The number of benzene rings is 1. The van der Waals surface area contributed by atoms with E-state index in [1.54, 1.807) is 6.08 Å². The lowest BCUT2D eigenvalue weighted by molar-refractivity contribution is 0.362. The third kappa shape index (κ3) is 3.68. The zero-order valence-corrected chi connectivity index (χ0v) is 10.7. The van der Waals surface area contributed by atoms with E-state index in [4.69, 9.17) is 4.74 Å². The lowest BCUT2D eigenvalue weighted by Gasteiger charge is -2.06. The Morgan fingerprint density at radius 3 is 2.71 bits per heavy atom. The molecule has 14 heavy (non-hydrogen) atoms. The smallest absolute Gasteiger partial charge is 0.127 e. The highest BCUT2D eigenvalue weighted by atomic mass is 79.9. The molecule has 1 aromatic rings. The number of hydrogen-bond acceptors (Lipinski definition) is 1. The van der Waals surface area contributed by atoms with Gasteiger partial charge in [0, 0.05) is 5.56 Å². The summed E-state index contributed by atoms with van der Waals surface area (Å²) in [7, 11) is 0. The van der Waals surface area contributed by atoms with Crippen molar-refractivity contribution in [2.75, 3.05) is 6.61 Å². The fraction of sp³-hybridized carbons (Fsp3) is 0.0909. The van der Waals surface area contributed by atoms with E-state index < -0.39 is 0 Å². The van der Waals surface area contributed by atoms with Gasteiger partial charge < -0.3 is 4.74 Å². The van der Waals surface area contributed by atoms with Crippen LogP contribution in [0.3, 0.4) is 0 Å². The quantitative estimate of drug-likeness (QED) is 0.751. The number of halogens is 2. The van der Waals surface area contributed by atoms with Crippen molar-refractivity contribution in [2.24, 2.45) is 0 Å². The van der Waals surface area contributed by atoms with E-state index in [1.807, 2.05) is 30.3 Å². The molecule has 0 spiro atoms. The average Bonchev–Trinajstić information content (AvgIpc) is 2.16. The Labute approximate surface area is 101 Å². The van der Waals surface area contributed by atoms with Crippen LogP contribution < -0.4 is 4.74 Å². The molecule has 0 aliphatic carbocycles. The molecule has 3 heteroatoms. The highest BCUT2D eigenvalue weighted by molar-refractivity contribution is 9.28. The summed E-state index contributed by atoms with van der Waals surface area (Å²) < 4.78 is 6.37. The number of ether oxygens (including phenoxy) is 1. The minimum atomic E-state index is 0.519. The van der Waals surface area contributed by atoms with Crippen LogP contribution in [0, 0.1) is 0 Å². The fourth-order valence-electron chi connectivity index (χ4n) is 0.997. The van der Waals surface area contributed by atoms with Gasteiger partial charge in [-0.25, -0.2) is 0 Å². The zero-order valence-electron chi connectivity index (χ0n) is 7.54. The molecule has 1 nitrogen and oxygen atoms in total. The van der Waals surface area contributed by atoms with Crippen molar-refractivity contribution in [3.8, 4) is 5.75 Å². The van der Waals surface area contributed by atoms with Gasteiger partial charge in [-0.05, 0) is 44.0 Å². The van der Waals surface area contributed by atoms with Gasteiger partial charge in [-0.3, -0.25) is 0 Å². The number of para-hydroxylation sites is 1. The van der Waals surface area contributed by atoms with Crippen molar-refractivity contribution < 1.29 is 4.74 Å². The summed E-state index contributed by atoms with van der Waals surface area (Å²) in [4.78, 5) is 0. The van der Waals surface area contributed by atoms with Crippen molar-refractivity contribution in [3.05, 3.63) is 45.9 Å². The molecule has 1 aromatic carbocycles. The number of hydrogen-bond donors (Lipinski definition) is 0. The van der Waals surface area contributed by atoms with E-state index in [2.05, 4.69) is 38.4 Å². The summed E-state index contributed by atoms with van der Waals surface area (Å²) in [6.07, 6.45) is 3.67. The molecule has 0 N–H and O–H groups in total. The van der Waals surface area contributed by atoms with E-state index in [9.17, 15) is 0 Å². The minimum absolute atomic E-state index is 0.519. The fourth-order valence-corrected chi connectivity index (χ4v) is 1.49. The van der Waals surface area contributed by atoms with Gasteiger partial charge >= 0.3 is 0 Å². The normalized spacial score (nSPS) is 9.29. The monoisotopic (exact) mass is 316 g/mol.